The predicted molar refractivity (Wildman–Crippen MR) is 102 cm³/mol. The maximum atomic E-state index is 12.7. The van der Waals surface area contributed by atoms with Gasteiger partial charge in [-0.05, 0) is 44.5 Å². The van der Waals surface area contributed by atoms with Gasteiger partial charge in [0.2, 0.25) is 11.8 Å². The average Bonchev–Trinajstić information content (AvgIpc) is 3.02. The van der Waals surface area contributed by atoms with Crippen molar-refractivity contribution in [3.63, 3.8) is 0 Å². The molecule has 3 rings (SSSR count). The lowest BCUT2D eigenvalue weighted by Crippen LogP contribution is -2.50. The first-order valence-corrected chi connectivity index (χ1v) is 9.58. The summed E-state index contributed by atoms with van der Waals surface area (Å²) in [5.41, 5.74) is 0.563. The number of nitrogens with one attached hydrogen (secondary N) is 1. The monoisotopic (exact) mass is 399 g/mol. The van der Waals surface area contributed by atoms with Crippen LogP contribution in [0.2, 0.25) is 10.0 Å². The smallest absolute Gasteiger partial charge is 0.241 e. The molecule has 2 aliphatic rings. The first-order valence-electron chi connectivity index (χ1n) is 8.83. The van der Waals surface area contributed by atoms with Gasteiger partial charge in [-0.1, -0.05) is 23.2 Å². The molecular formula is C18H23Cl2N3O3. The number of ether oxygens (including phenoxy) is 1. The number of likely N-dealkylation sites (tertiary alicyclic amines) is 1. The number of amides is 2. The van der Waals surface area contributed by atoms with Gasteiger partial charge in [-0.3, -0.25) is 14.5 Å². The Morgan fingerprint density at radius 2 is 1.96 bits per heavy atom. The van der Waals surface area contributed by atoms with Crippen molar-refractivity contribution in [1.29, 1.82) is 0 Å². The minimum absolute atomic E-state index is 0.0469. The van der Waals surface area contributed by atoms with Crippen LogP contribution in [-0.2, 0) is 14.3 Å². The number of rotatable bonds is 4. The van der Waals surface area contributed by atoms with Gasteiger partial charge < -0.3 is 15.0 Å². The molecule has 0 spiro atoms. The summed E-state index contributed by atoms with van der Waals surface area (Å²) in [6, 6.07) is 4.61. The van der Waals surface area contributed by atoms with Crippen LogP contribution in [0.25, 0.3) is 0 Å². The molecule has 26 heavy (non-hydrogen) atoms. The maximum Gasteiger partial charge on any atom is 0.241 e. The Balaban J connectivity index is 1.60. The van der Waals surface area contributed by atoms with E-state index in [1.54, 1.807) is 18.2 Å². The van der Waals surface area contributed by atoms with Crippen LogP contribution in [0.1, 0.15) is 19.8 Å². The standard InChI is InChI=1S/C18H23Cl2N3O3/c1-12-10-23(5-6-26-12)17(24)11-22-4-2-3-16(22)18(25)21-15-8-13(19)7-14(20)9-15/h7-9,12,16H,2-6,10-11H2,1H3,(H,21,25)/t12-,16+/m1/s1. The van der Waals surface area contributed by atoms with Gasteiger partial charge in [0.05, 0.1) is 25.3 Å². The Kier molecular flexibility index (Phi) is 6.40. The first-order chi connectivity index (χ1) is 12.4. The summed E-state index contributed by atoms with van der Waals surface area (Å²) in [6.45, 7) is 4.72. The third-order valence-electron chi connectivity index (χ3n) is 4.73. The van der Waals surface area contributed by atoms with E-state index < -0.39 is 0 Å². The van der Waals surface area contributed by atoms with Crippen LogP contribution in [0.4, 0.5) is 5.69 Å². The first kappa shape index (κ1) is 19.4. The molecule has 2 fully saturated rings. The molecule has 0 aromatic heterocycles. The molecule has 0 unspecified atom stereocenters. The second-order valence-corrected chi connectivity index (χ2v) is 7.67. The molecule has 0 saturated carbocycles. The van der Waals surface area contributed by atoms with E-state index in [9.17, 15) is 9.59 Å². The molecule has 2 heterocycles. The summed E-state index contributed by atoms with van der Waals surface area (Å²) in [7, 11) is 0. The number of carbonyl (C=O) groups is 2. The summed E-state index contributed by atoms with van der Waals surface area (Å²) in [4.78, 5) is 29.0. The van der Waals surface area contributed by atoms with E-state index in [0.717, 1.165) is 19.4 Å². The van der Waals surface area contributed by atoms with Gasteiger partial charge in [-0.25, -0.2) is 0 Å². The molecule has 0 radical (unpaired) electrons. The Hall–Kier alpha value is -1.34. The van der Waals surface area contributed by atoms with Crippen molar-refractivity contribution in [2.45, 2.75) is 31.9 Å². The van der Waals surface area contributed by atoms with Gasteiger partial charge >= 0.3 is 0 Å². The maximum absolute atomic E-state index is 12.7. The fraction of sp³-hybridized carbons (Fsp3) is 0.556. The molecule has 1 aromatic carbocycles. The lowest BCUT2D eigenvalue weighted by molar-refractivity contribution is -0.140. The SMILES string of the molecule is C[C@@H]1CN(C(=O)CN2CCC[C@H]2C(=O)Nc2cc(Cl)cc(Cl)c2)CCO1. The molecule has 2 amide bonds. The Morgan fingerprint density at radius 3 is 2.65 bits per heavy atom. The number of benzene rings is 1. The lowest BCUT2D eigenvalue weighted by atomic mass is 10.2. The van der Waals surface area contributed by atoms with Crippen LogP contribution >= 0.6 is 23.2 Å². The number of hydrogen-bond donors (Lipinski definition) is 1. The van der Waals surface area contributed by atoms with E-state index in [1.165, 1.54) is 0 Å². The van der Waals surface area contributed by atoms with Crippen molar-refractivity contribution >= 4 is 40.7 Å². The van der Waals surface area contributed by atoms with Crippen molar-refractivity contribution in [1.82, 2.24) is 9.80 Å². The van der Waals surface area contributed by atoms with Crippen molar-refractivity contribution in [3.05, 3.63) is 28.2 Å². The minimum atomic E-state index is -0.324. The number of carbonyl (C=O) groups excluding carboxylic acids is 2. The van der Waals surface area contributed by atoms with E-state index in [4.69, 9.17) is 27.9 Å². The second kappa shape index (κ2) is 8.57. The molecule has 6 nitrogen and oxygen atoms in total. The fourth-order valence-electron chi connectivity index (χ4n) is 3.48. The number of nitrogens with zero attached hydrogens (tertiary/aromatic N) is 2. The molecular weight excluding hydrogens is 377 g/mol. The summed E-state index contributed by atoms with van der Waals surface area (Å²) in [5, 5.41) is 3.79. The van der Waals surface area contributed by atoms with Crippen molar-refractivity contribution in [3.8, 4) is 0 Å². The van der Waals surface area contributed by atoms with Crippen molar-refractivity contribution < 1.29 is 14.3 Å². The van der Waals surface area contributed by atoms with Crippen LogP contribution in [-0.4, -0.2) is 66.5 Å². The lowest BCUT2D eigenvalue weighted by Gasteiger charge is -2.33. The summed E-state index contributed by atoms with van der Waals surface area (Å²) in [5.74, 6) is -0.0883. The molecule has 2 aliphatic heterocycles. The average molecular weight is 400 g/mol. The molecule has 0 aliphatic carbocycles. The van der Waals surface area contributed by atoms with Gasteiger partial charge in [-0.2, -0.15) is 0 Å². The highest BCUT2D eigenvalue weighted by atomic mass is 35.5. The van der Waals surface area contributed by atoms with Crippen LogP contribution in [0.5, 0.6) is 0 Å². The largest absolute Gasteiger partial charge is 0.375 e. The topological polar surface area (TPSA) is 61.9 Å². The normalized spacial score (nSPS) is 23.9. The number of anilines is 1. The quantitative estimate of drug-likeness (QED) is 0.844. The third kappa shape index (κ3) is 4.88. The molecule has 2 saturated heterocycles. The molecule has 142 valence electrons. The summed E-state index contributed by atoms with van der Waals surface area (Å²) >= 11 is 12.0. The van der Waals surface area contributed by atoms with E-state index in [-0.39, 0.29) is 30.5 Å². The van der Waals surface area contributed by atoms with Crippen LogP contribution in [0.3, 0.4) is 0 Å². The number of hydrogen-bond acceptors (Lipinski definition) is 4. The third-order valence-corrected chi connectivity index (χ3v) is 5.16. The molecule has 1 aromatic rings. The van der Waals surface area contributed by atoms with Gasteiger partial charge in [0.15, 0.2) is 0 Å². The highest BCUT2D eigenvalue weighted by molar-refractivity contribution is 6.35. The molecule has 8 heteroatoms. The van der Waals surface area contributed by atoms with Crippen molar-refractivity contribution in [2.75, 3.05) is 38.1 Å². The Morgan fingerprint density at radius 1 is 1.23 bits per heavy atom. The predicted octanol–water partition coefficient (Wildman–Crippen LogP) is 2.64. The molecule has 0 bridgehead atoms. The Labute approximate surface area is 163 Å². The van der Waals surface area contributed by atoms with E-state index >= 15 is 0 Å². The van der Waals surface area contributed by atoms with Gasteiger partial charge in [0.25, 0.3) is 0 Å². The zero-order chi connectivity index (χ0) is 18.7. The van der Waals surface area contributed by atoms with Crippen LogP contribution in [0, 0.1) is 0 Å². The van der Waals surface area contributed by atoms with Gasteiger partial charge in [0, 0.05) is 28.8 Å². The van der Waals surface area contributed by atoms with Crippen LogP contribution < -0.4 is 5.32 Å². The van der Waals surface area contributed by atoms with Gasteiger partial charge in [-0.15, -0.1) is 0 Å². The highest BCUT2D eigenvalue weighted by Crippen LogP contribution is 2.24. The second-order valence-electron chi connectivity index (χ2n) is 6.80. The summed E-state index contributed by atoms with van der Waals surface area (Å²) < 4.78 is 5.48. The number of halogens is 2. The van der Waals surface area contributed by atoms with Gasteiger partial charge in [0.1, 0.15) is 0 Å². The van der Waals surface area contributed by atoms with Crippen LogP contribution in [0.15, 0.2) is 18.2 Å². The van der Waals surface area contributed by atoms with E-state index in [1.807, 2.05) is 16.7 Å². The minimum Gasteiger partial charge on any atom is -0.375 e. The van der Waals surface area contributed by atoms with E-state index in [0.29, 0.717) is 35.4 Å². The molecule has 2 atom stereocenters. The van der Waals surface area contributed by atoms with Crippen molar-refractivity contribution in [2.24, 2.45) is 0 Å². The zero-order valence-electron chi connectivity index (χ0n) is 14.7. The fourth-order valence-corrected chi connectivity index (χ4v) is 4.01. The van der Waals surface area contributed by atoms with E-state index in [2.05, 4.69) is 5.32 Å². The number of morpholine rings is 1. The zero-order valence-corrected chi connectivity index (χ0v) is 16.2. The highest BCUT2D eigenvalue weighted by Gasteiger charge is 2.33. The summed E-state index contributed by atoms with van der Waals surface area (Å²) in [6.07, 6.45) is 1.67. The Bertz CT molecular complexity index is 665. The molecule has 1 N–H and O–H groups in total.